The Morgan fingerprint density at radius 3 is 0.500 bits per heavy atom. The topological polar surface area (TPSA) is 300 Å². The van der Waals surface area contributed by atoms with Crippen LogP contribution in [0.15, 0.2) is 13.2 Å². The molecule has 14 N–H and O–H groups in total. The van der Waals surface area contributed by atoms with Crippen molar-refractivity contribution in [2.24, 2.45) is 0 Å². The fraction of sp³-hybridized carbons (Fsp3) is 0.667. The molecule has 0 aromatic carbocycles. The number of rotatable bonds is 0. The van der Waals surface area contributed by atoms with Crippen molar-refractivity contribution in [3.63, 3.8) is 0 Å². The van der Waals surface area contributed by atoms with Crippen LogP contribution in [-0.4, -0.2) is 39.1 Å². The maximum absolute atomic E-state index is 8.74. The van der Waals surface area contributed by atoms with Crippen LogP contribution in [-0.2, 0) is 18.3 Å². The largest absolute Gasteiger partial charge is 0.344 e. The molecule has 0 unspecified atom stereocenters. The molecule has 0 atom stereocenters. The molecule has 0 bridgehead atoms. The first-order valence-electron chi connectivity index (χ1n) is 5.11. The predicted molar refractivity (Wildman–Crippen MR) is 93.5 cm³/mol. The molecule has 1 aliphatic carbocycles. The third kappa shape index (κ3) is 554. The monoisotopic (exact) mass is 446 g/mol. The van der Waals surface area contributed by atoms with Gasteiger partial charge in [-0.05, 0) is 0 Å². The van der Waals surface area contributed by atoms with Gasteiger partial charge in [0.25, 0.3) is 0 Å². The lowest BCUT2D eigenvalue weighted by atomic mass is 10.0. The number of hydrogen-bond acceptors (Lipinski definition) is 6. The maximum Gasteiger partial charge on any atom is 0.314 e. The zero-order valence-electron chi connectivity index (χ0n) is 12.9. The van der Waals surface area contributed by atoms with Crippen molar-refractivity contribution in [3.05, 3.63) is 13.2 Å². The first-order valence-corrected chi connectivity index (χ1v) is 10.3. The van der Waals surface area contributed by atoms with Crippen molar-refractivity contribution < 1.29 is 57.4 Å². The van der Waals surface area contributed by atoms with Gasteiger partial charge >= 0.3 is 33.0 Å². The normalized spacial score (nSPS) is 10.0. The van der Waals surface area contributed by atoms with Gasteiger partial charge in [-0.2, -0.15) is 0 Å². The highest BCUT2D eigenvalue weighted by Crippen LogP contribution is 2.15. The summed E-state index contributed by atoms with van der Waals surface area (Å²) in [6.07, 6.45) is 6.00. The quantitative estimate of drug-likeness (QED) is 0.175. The van der Waals surface area contributed by atoms with Gasteiger partial charge in [0.05, 0.1) is 0 Å². The van der Waals surface area contributed by atoms with E-state index in [-0.39, 0.29) is 12.3 Å². The molecule has 0 saturated heterocycles. The van der Waals surface area contributed by atoms with Crippen LogP contribution in [0.5, 0.6) is 0 Å². The Labute approximate surface area is 142 Å². The van der Waals surface area contributed by atoms with Gasteiger partial charge < -0.3 is 51.4 Å². The molecule has 0 spiro atoms. The molecule has 0 aromatic rings. The van der Waals surface area contributed by atoms with Crippen LogP contribution in [0, 0.1) is 0 Å². The summed E-state index contributed by atoms with van der Waals surface area (Å²) >= 11 is 0. The van der Waals surface area contributed by atoms with Gasteiger partial charge in [-0.1, -0.05) is 25.7 Å². The first-order chi connectivity index (χ1) is 9.93. The van der Waals surface area contributed by atoms with Crippen LogP contribution in [0.2, 0.25) is 0 Å². The van der Waals surface area contributed by atoms with E-state index in [1.165, 1.54) is 25.7 Å². The Balaban J connectivity index is -0.0000000287. The van der Waals surface area contributed by atoms with Crippen LogP contribution in [0.1, 0.15) is 25.7 Å². The Bertz CT molecular complexity index is 235. The van der Waals surface area contributed by atoms with E-state index in [1.807, 2.05) is 0 Å². The molecular formula is C6H30N2O12P4. The second-order valence-electron chi connectivity index (χ2n) is 2.54. The summed E-state index contributed by atoms with van der Waals surface area (Å²) in [6.45, 7) is 6.00. The molecule has 0 amide bonds. The molecule has 24 heavy (non-hydrogen) atoms. The molecule has 1 fully saturated rings. The van der Waals surface area contributed by atoms with Crippen molar-refractivity contribution in [2.45, 2.75) is 25.7 Å². The maximum atomic E-state index is 8.74. The lowest BCUT2D eigenvalue weighted by Gasteiger charge is -2.05. The molecule has 0 radical (unpaired) electrons. The van der Waals surface area contributed by atoms with Gasteiger partial charge in [-0.15, -0.1) is 13.2 Å². The van der Waals surface area contributed by atoms with E-state index in [4.69, 9.17) is 57.4 Å². The first kappa shape index (κ1) is 44.1. The molecular weight excluding hydrogens is 416 g/mol. The summed E-state index contributed by atoms with van der Waals surface area (Å²) in [5.41, 5.74) is 0. The average molecular weight is 446 g/mol. The predicted octanol–water partition coefficient (Wildman–Crippen LogP) is 0.129. The van der Waals surface area contributed by atoms with Gasteiger partial charge in [0.1, 0.15) is 0 Å². The molecule has 0 heterocycles. The van der Waals surface area contributed by atoms with Gasteiger partial charge in [0.2, 0.25) is 0 Å². The van der Waals surface area contributed by atoms with Crippen LogP contribution in [0.3, 0.4) is 0 Å². The summed E-state index contributed by atoms with van der Waals surface area (Å²) < 4.78 is 35.0. The summed E-state index contributed by atoms with van der Waals surface area (Å²) in [6, 6.07) is 0. The summed E-state index contributed by atoms with van der Waals surface area (Å²) in [4.78, 5) is 57.3. The van der Waals surface area contributed by atoms with Crippen LogP contribution < -0.4 is 12.3 Å². The highest BCUT2D eigenvalue weighted by atomic mass is 31.1. The van der Waals surface area contributed by atoms with E-state index < -0.39 is 33.0 Å². The van der Waals surface area contributed by atoms with Gasteiger partial charge in [-0.3, -0.25) is 18.3 Å². The molecule has 14 nitrogen and oxygen atoms in total. The van der Waals surface area contributed by atoms with Crippen molar-refractivity contribution in [1.29, 1.82) is 0 Å². The Kier molecular flexibility index (Phi) is 80.0. The molecule has 0 aliphatic heterocycles. The van der Waals surface area contributed by atoms with E-state index in [2.05, 4.69) is 13.2 Å². The van der Waals surface area contributed by atoms with Crippen molar-refractivity contribution in [1.82, 2.24) is 12.3 Å². The highest BCUT2D eigenvalue weighted by molar-refractivity contribution is 7.31. The van der Waals surface area contributed by atoms with Crippen LogP contribution >= 0.6 is 33.0 Å². The minimum absolute atomic E-state index is 0. The lowest BCUT2D eigenvalue weighted by molar-refractivity contribution is 0.403. The molecule has 18 heteroatoms. The van der Waals surface area contributed by atoms with E-state index in [0.717, 1.165) is 0 Å². The molecule has 0 aromatic heterocycles. The second kappa shape index (κ2) is 43.6. The summed E-state index contributed by atoms with van der Waals surface area (Å²) in [5, 5.41) is 0. The minimum atomic E-state index is -3.13. The van der Waals surface area contributed by atoms with Crippen LogP contribution in [0.4, 0.5) is 0 Å². The fourth-order valence-electron chi connectivity index (χ4n) is 0.250. The van der Waals surface area contributed by atoms with Crippen molar-refractivity contribution in [2.75, 3.05) is 0 Å². The van der Waals surface area contributed by atoms with Crippen molar-refractivity contribution >= 4 is 33.0 Å². The summed E-state index contributed by atoms with van der Waals surface area (Å²) in [5.74, 6) is 0. The fourth-order valence-corrected chi connectivity index (χ4v) is 0.250. The molecule has 156 valence electrons. The molecule has 1 saturated carbocycles. The second-order valence-corrected chi connectivity index (χ2v) is 4.81. The smallest absolute Gasteiger partial charge is 0.314 e. The van der Waals surface area contributed by atoms with Crippen molar-refractivity contribution in [3.8, 4) is 0 Å². The van der Waals surface area contributed by atoms with E-state index in [9.17, 15) is 0 Å². The minimum Gasteiger partial charge on any atom is -0.344 e. The van der Waals surface area contributed by atoms with Crippen LogP contribution in [0.25, 0.3) is 0 Å². The SMILES string of the molecule is C1CCC1.C=C.N.N.O=[PH](O)O.O=[PH](O)O.O=[PH](O)O.O=[PH](O)O. The van der Waals surface area contributed by atoms with Gasteiger partial charge in [0.15, 0.2) is 0 Å². The molecule has 1 rings (SSSR count). The summed E-state index contributed by atoms with van der Waals surface area (Å²) in [7, 11) is -12.5. The number of hydrogen-bond donors (Lipinski definition) is 10. The zero-order valence-corrected chi connectivity index (χ0v) is 16.9. The lowest BCUT2D eigenvalue weighted by Crippen LogP contribution is -1.85. The Morgan fingerprint density at radius 1 is 0.458 bits per heavy atom. The zero-order chi connectivity index (χ0) is 19.1. The van der Waals surface area contributed by atoms with E-state index in [1.54, 1.807) is 0 Å². The Hall–Kier alpha value is 0.260. The standard InChI is InChI=1S/C4H8.C2H4.2H3N.4H3O3P/c1-2-4-3-1;1-2;;;4*1-4(2)3/h1-4H2;1-2H2;2*1H3;4*4H,(H2,1,2,3). The highest BCUT2D eigenvalue weighted by Gasteiger charge is 1.95. The van der Waals surface area contributed by atoms with E-state index in [0.29, 0.717) is 0 Å². The third-order valence-corrected chi connectivity index (χ3v) is 1.000. The van der Waals surface area contributed by atoms with E-state index >= 15 is 0 Å². The molecule has 1 aliphatic rings. The third-order valence-electron chi connectivity index (χ3n) is 1.000. The average Bonchev–Trinajstić information content (AvgIpc) is 2.12. The van der Waals surface area contributed by atoms with Gasteiger partial charge in [-0.25, -0.2) is 0 Å². The van der Waals surface area contributed by atoms with Gasteiger partial charge in [0, 0.05) is 0 Å². The Morgan fingerprint density at radius 2 is 0.500 bits per heavy atom.